The summed E-state index contributed by atoms with van der Waals surface area (Å²) in [5, 5.41) is 2.50. The fourth-order valence-corrected chi connectivity index (χ4v) is 3.38. The van der Waals surface area contributed by atoms with Crippen LogP contribution < -0.4 is 10.4 Å². The average molecular weight is 400 g/mol. The van der Waals surface area contributed by atoms with E-state index in [1.807, 2.05) is 0 Å². The van der Waals surface area contributed by atoms with E-state index in [-0.39, 0.29) is 24.2 Å². The maximum absolute atomic E-state index is 12.4. The molecule has 0 aliphatic heterocycles. The molecule has 1 aromatic carbocycles. The van der Waals surface area contributed by atoms with Crippen molar-refractivity contribution >= 4 is 34.2 Å². The Morgan fingerprint density at radius 3 is 2.68 bits per heavy atom. The van der Waals surface area contributed by atoms with E-state index in [9.17, 15) is 14.4 Å². The molecule has 146 valence electrons. The van der Waals surface area contributed by atoms with E-state index >= 15 is 0 Å². The Kier molecular flexibility index (Phi) is 5.94. The Morgan fingerprint density at radius 2 is 2.00 bits per heavy atom. The Bertz CT molecular complexity index is 1060. The summed E-state index contributed by atoms with van der Waals surface area (Å²) in [6.45, 7) is 5.37. The quantitative estimate of drug-likeness (QED) is 0.349. The zero-order valence-corrected chi connectivity index (χ0v) is 16.6. The van der Waals surface area contributed by atoms with Gasteiger partial charge < -0.3 is 13.9 Å². The van der Waals surface area contributed by atoms with Crippen molar-refractivity contribution in [2.24, 2.45) is 0 Å². The molecule has 0 aliphatic rings. The number of esters is 2. The van der Waals surface area contributed by atoms with E-state index in [0.29, 0.717) is 22.4 Å². The third-order valence-corrected chi connectivity index (χ3v) is 4.87. The van der Waals surface area contributed by atoms with Crippen molar-refractivity contribution in [3.8, 4) is 5.75 Å². The Morgan fingerprint density at radius 1 is 1.21 bits per heavy atom. The van der Waals surface area contributed by atoms with Crippen LogP contribution in [-0.4, -0.2) is 18.0 Å². The summed E-state index contributed by atoms with van der Waals surface area (Å²) < 4.78 is 16.0. The molecular weight excluding hydrogens is 380 g/mol. The summed E-state index contributed by atoms with van der Waals surface area (Å²) in [5.41, 5.74) is 1.25. The fraction of sp³-hybridized carbons (Fsp3) is 0.286. The molecule has 0 spiro atoms. The number of rotatable bonds is 6. The minimum atomic E-state index is -0.504. The molecule has 0 unspecified atom stereocenters. The second-order valence-electron chi connectivity index (χ2n) is 6.61. The Hall–Kier alpha value is -2.93. The molecule has 0 saturated carbocycles. The third kappa shape index (κ3) is 4.67. The van der Waals surface area contributed by atoms with Gasteiger partial charge in [-0.3, -0.25) is 4.79 Å². The zero-order chi connectivity index (χ0) is 20.3. The molecule has 7 heteroatoms. The van der Waals surface area contributed by atoms with Crippen molar-refractivity contribution in [1.29, 1.82) is 0 Å². The van der Waals surface area contributed by atoms with Crippen molar-refractivity contribution in [2.45, 2.75) is 39.7 Å². The zero-order valence-electron chi connectivity index (χ0n) is 15.8. The number of carbonyl (C=O) groups excluding carboxylic acids is 2. The molecule has 0 radical (unpaired) electrons. The topological polar surface area (TPSA) is 82.8 Å². The number of fused-ring (bicyclic) bond motifs is 1. The number of thiophene rings is 1. The number of benzene rings is 1. The van der Waals surface area contributed by atoms with Gasteiger partial charge in [0.05, 0.1) is 6.10 Å². The summed E-state index contributed by atoms with van der Waals surface area (Å²) in [6.07, 6.45) is 0.271. The molecule has 2 heterocycles. The van der Waals surface area contributed by atoms with Gasteiger partial charge in [-0.15, -0.1) is 11.3 Å². The first-order chi connectivity index (χ1) is 13.3. The second-order valence-corrected chi connectivity index (χ2v) is 7.56. The maximum atomic E-state index is 12.4. The van der Waals surface area contributed by atoms with Gasteiger partial charge in [-0.1, -0.05) is 6.07 Å². The highest BCUT2D eigenvalue weighted by Gasteiger charge is 2.17. The first-order valence-electron chi connectivity index (χ1n) is 8.86. The molecule has 3 rings (SSSR count). The molecule has 0 atom stereocenters. The summed E-state index contributed by atoms with van der Waals surface area (Å²) in [5.74, 6) is -0.575. The Balaban J connectivity index is 1.96. The molecular formula is C21H20O6S. The largest absolute Gasteiger partial charge is 0.463 e. The summed E-state index contributed by atoms with van der Waals surface area (Å²) in [7, 11) is 0. The van der Waals surface area contributed by atoms with E-state index in [4.69, 9.17) is 13.9 Å². The lowest BCUT2D eigenvalue weighted by molar-refractivity contribution is -0.147. The lowest BCUT2D eigenvalue weighted by Gasteiger charge is -2.12. The molecule has 3 aromatic rings. The highest BCUT2D eigenvalue weighted by atomic mass is 32.1. The Labute approximate surface area is 165 Å². The predicted octanol–water partition coefficient (Wildman–Crippen LogP) is 4.27. The van der Waals surface area contributed by atoms with E-state index in [1.54, 1.807) is 44.4 Å². The third-order valence-electron chi connectivity index (χ3n) is 4.02. The van der Waals surface area contributed by atoms with Crippen LogP contribution in [0.3, 0.4) is 0 Å². The highest BCUT2D eigenvalue weighted by Crippen LogP contribution is 2.29. The molecule has 0 amide bonds. The van der Waals surface area contributed by atoms with Crippen molar-refractivity contribution in [1.82, 2.24) is 0 Å². The predicted molar refractivity (Wildman–Crippen MR) is 106 cm³/mol. The number of ether oxygens (including phenoxy) is 2. The van der Waals surface area contributed by atoms with Gasteiger partial charge in [0.15, 0.2) is 0 Å². The van der Waals surface area contributed by atoms with Gasteiger partial charge in [-0.2, -0.15) is 0 Å². The van der Waals surface area contributed by atoms with Crippen LogP contribution in [0.15, 0.2) is 44.9 Å². The van der Waals surface area contributed by atoms with Crippen LogP contribution in [0.4, 0.5) is 0 Å². The first kappa shape index (κ1) is 19.8. The van der Waals surface area contributed by atoms with Gasteiger partial charge in [0.25, 0.3) is 0 Å². The molecule has 0 aliphatic carbocycles. The fourth-order valence-electron chi connectivity index (χ4n) is 2.78. The number of hydrogen-bond acceptors (Lipinski definition) is 7. The molecule has 6 nitrogen and oxygen atoms in total. The summed E-state index contributed by atoms with van der Waals surface area (Å²) >= 11 is 1.27. The van der Waals surface area contributed by atoms with Crippen LogP contribution in [0.2, 0.25) is 0 Å². The molecule has 28 heavy (non-hydrogen) atoms. The van der Waals surface area contributed by atoms with Gasteiger partial charge in [0.2, 0.25) is 0 Å². The number of aryl methyl sites for hydroxylation is 2. The van der Waals surface area contributed by atoms with Gasteiger partial charge in [0, 0.05) is 23.9 Å². The standard InChI is InChI=1S/C21H20O6S/c1-12(2)25-19(22)7-6-14-10-15-13(3)9-20(23)26-17(15)11-16(14)27-21(24)18-5-4-8-28-18/h4-5,8-12H,6-7H2,1-3H3. The van der Waals surface area contributed by atoms with E-state index in [2.05, 4.69) is 0 Å². The maximum Gasteiger partial charge on any atom is 0.353 e. The van der Waals surface area contributed by atoms with Gasteiger partial charge in [0.1, 0.15) is 16.2 Å². The van der Waals surface area contributed by atoms with Crippen molar-refractivity contribution in [3.63, 3.8) is 0 Å². The van der Waals surface area contributed by atoms with Crippen LogP contribution >= 0.6 is 11.3 Å². The van der Waals surface area contributed by atoms with Crippen LogP contribution in [0.5, 0.6) is 5.75 Å². The molecule has 0 fully saturated rings. The highest BCUT2D eigenvalue weighted by molar-refractivity contribution is 7.12. The van der Waals surface area contributed by atoms with Crippen molar-refractivity contribution in [3.05, 3.63) is 62.1 Å². The first-order valence-corrected chi connectivity index (χ1v) is 9.74. The van der Waals surface area contributed by atoms with Crippen molar-refractivity contribution < 1.29 is 23.5 Å². The molecule has 0 bridgehead atoms. The van der Waals surface area contributed by atoms with Gasteiger partial charge >= 0.3 is 17.6 Å². The minimum absolute atomic E-state index is 0.142. The van der Waals surface area contributed by atoms with Crippen molar-refractivity contribution in [2.75, 3.05) is 0 Å². The van der Waals surface area contributed by atoms with Gasteiger partial charge in [-0.25, -0.2) is 9.59 Å². The van der Waals surface area contributed by atoms with Crippen LogP contribution in [0.25, 0.3) is 11.0 Å². The van der Waals surface area contributed by atoms with E-state index in [0.717, 1.165) is 10.9 Å². The average Bonchev–Trinajstić information content (AvgIpc) is 3.14. The summed E-state index contributed by atoms with van der Waals surface area (Å²) in [4.78, 5) is 36.5. The van der Waals surface area contributed by atoms with Crippen LogP contribution in [0.1, 0.15) is 41.1 Å². The lowest BCUT2D eigenvalue weighted by Crippen LogP contribution is -2.13. The summed E-state index contributed by atoms with van der Waals surface area (Å²) in [6, 6.07) is 8.13. The molecule has 0 N–H and O–H groups in total. The monoisotopic (exact) mass is 400 g/mol. The van der Waals surface area contributed by atoms with E-state index < -0.39 is 11.6 Å². The number of hydrogen-bond donors (Lipinski definition) is 0. The van der Waals surface area contributed by atoms with Gasteiger partial charge in [-0.05, 0) is 55.8 Å². The normalized spacial score (nSPS) is 11.0. The van der Waals surface area contributed by atoms with Crippen LogP contribution in [0, 0.1) is 6.92 Å². The number of carbonyl (C=O) groups is 2. The molecule has 0 saturated heterocycles. The minimum Gasteiger partial charge on any atom is -0.463 e. The van der Waals surface area contributed by atoms with E-state index in [1.165, 1.54) is 23.5 Å². The molecule has 2 aromatic heterocycles. The smallest absolute Gasteiger partial charge is 0.353 e. The SMILES string of the molecule is Cc1cc(=O)oc2cc(OC(=O)c3cccs3)c(CCC(=O)OC(C)C)cc12. The second kappa shape index (κ2) is 8.39. The van der Waals surface area contributed by atoms with Crippen LogP contribution in [-0.2, 0) is 16.0 Å². The lowest BCUT2D eigenvalue weighted by atomic mass is 10.0.